The number of nitrogens with zero attached hydrogens (tertiary/aromatic N) is 5. The fourth-order valence-corrected chi connectivity index (χ4v) is 5.68. The van der Waals surface area contributed by atoms with Crippen LogP contribution in [0.1, 0.15) is 38.2 Å². The average molecular weight is 542 g/mol. The van der Waals surface area contributed by atoms with Crippen LogP contribution in [0.5, 0.6) is 0 Å². The van der Waals surface area contributed by atoms with Gasteiger partial charge in [0.1, 0.15) is 17.7 Å². The van der Waals surface area contributed by atoms with Gasteiger partial charge in [0, 0.05) is 46.5 Å². The summed E-state index contributed by atoms with van der Waals surface area (Å²) in [6.07, 6.45) is 2.02. The van der Waals surface area contributed by atoms with Crippen molar-refractivity contribution in [3.05, 3.63) is 47.7 Å². The van der Waals surface area contributed by atoms with Gasteiger partial charge in [-0.2, -0.15) is 5.10 Å². The van der Waals surface area contributed by atoms with Crippen LogP contribution in [0.2, 0.25) is 0 Å². The van der Waals surface area contributed by atoms with Gasteiger partial charge >= 0.3 is 0 Å². The van der Waals surface area contributed by atoms with E-state index in [0.29, 0.717) is 71.7 Å². The molecule has 0 bridgehead atoms. The molecule has 2 aliphatic heterocycles. The second-order valence-corrected chi connectivity index (χ2v) is 10.2. The number of halogens is 3. The highest BCUT2D eigenvalue weighted by molar-refractivity contribution is 5.94. The van der Waals surface area contributed by atoms with E-state index in [1.54, 1.807) is 13.1 Å². The molecule has 4 aromatic rings. The van der Waals surface area contributed by atoms with Crippen molar-refractivity contribution in [3.8, 4) is 22.6 Å². The Morgan fingerprint density at radius 3 is 2.74 bits per heavy atom. The molecule has 11 heteroatoms. The van der Waals surface area contributed by atoms with Crippen LogP contribution in [0.3, 0.4) is 0 Å². The lowest BCUT2D eigenvalue weighted by atomic mass is 10.0. The molecular weight excluding hydrogens is 507 g/mol. The number of morpholine rings is 1. The summed E-state index contributed by atoms with van der Waals surface area (Å²) in [7, 11) is 0. The second-order valence-electron chi connectivity index (χ2n) is 10.2. The number of nitrogens with one attached hydrogen (secondary N) is 2. The molecule has 2 fully saturated rings. The van der Waals surface area contributed by atoms with Crippen molar-refractivity contribution >= 4 is 16.7 Å². The van der Waals surface area contributed by atoms with Gasteiger partial charge in [-0.1, -0.05) is 7.43 Å². The Labute approximate surface area is 225 Å². The maximum atomic E-state index is 14.9. The maximum absolute atomic E-state index is 14.9. The quantitative estimate of drug-likeness (QED) is 0.366. The fourth-order valence-electron chi connectivity index (χ4n) is 5.68. The summed E-state index contributed by atoms with van der Waals surface area (Å²) in [4.78, 5) is 15.0. The molecule has 1 aromatic carbocycles. The van der Waals surface area contributed by atoms with E-state index in [1.165, 1.54) is 16.8 Å². The number of piperidine rings is 1. The van der Waals surface area contributed by atoms with E-state index in [-0.39, 0.29) is 26.4 Å². The molecule has 208 valence electrons. The Balaban J connectivity index is 0.00000308. The Bertz CT molecular complexity index is 1500. The van der Waals surface area contributed by atoms with Crippen molar-refractivity contribution in [2.24, 2.45) is 0 Å². The van der Waals surface area contributed by atoms with E-state index in [0.717, 1.165) is 5.39 Å². The van der Waals surface area contributed by atoms with Gasteiger partial charge < -0.3 is 19.9 Å². The van der Waals surface area contributed by atoms with Crippen molar-refractivity contribution in [3.63, 3.8) is 0 Å². The molecule has 2 N–H and O–H groups in total. The molecule has 2 saturated heterocycles. The second kappa shape index (κ2) is 10.3. The normalized spacial score (nSPS) is 21.2. The zero-order chi connectivity index (χ0) is 26.6. The number of rotatable bonds is 4. The first kappa shape index (κ1) is 27.1. The number of fused-ring (bicyclic) bond motifs is 1. The molecule has 8 nitrogen and oxygen atoms in total. The highest BCUT2D eigenvalue weighted by Gasteiger charge is 2.44. The minimum absolute atomic E-state index is 0. The molecule has 2 aliphatic rings. The number of anilines is 1. The Hall–Kier alpha value is -3.44. The van der Waals surface area contributed by atoms with E-state index in [2.05, 4.69) is 27.2 Å². The minimum Gasteiger partial charge on any atom is -0.377 e. The van der Waals surface area contributed by atoms with Crippen LogP contribution >= 0.6 is 0 Å². The summed E-state index contributed by atoms with van der Waals surface area (Å²) in [5, 5.41) is 8.14. The molecule has 0 spiro atoms. The van der Waals surface area contributed by atoms with Crippen LogP contribution in [-0.2, 0) is 4.74 Å². The highest BCUT2D eigenvalue weighted by Crippen LogP contribution is 2.39. The van der Waals surface area contributed by atoms with Crippen molar-refractivity contribution in [2.45, 2.75) is 52.6 Å². The first-order chi connectivity index (χ1) is 18.2. The molecule has 3 aromatic heterocycles. The third-order valence-corrected chi connectivity index (χ3v) is 7.57. The van der Waals surface area contributed by atoms with Crippen LogP contribution in [0.15, 0.2) is 30.5 Å². The van der Waals surface area contributed by atoms with E-state index in [4.69, 9.17) is 14.7 Å². The number of alkyl halides is 2. The lowest BCUT2D eigenvalue weighted by Gasteiger charge is -2.34. The number of benzene rings is 1. The molecular formula is C28H34F3N7O. The summed E-state index contributed by atoms with van der Waals surface area (Å²) < 4.78 is 51.4. The highest BCUT2D eigenvalue weighted by atomic mass is 19.3. The van der Waals surface area contributed by atoms with Crippen LogP contribution in [-0.4, -0.2) is 69.5 Å². The fraction of sp³-hybridized carbons (Fsp3) is 0.464. The minimum atomic E-state index is -2.93. The van der Waals surface area contributed by atoms with Crippen LogP contribution in [0.25, 0.3) is 33.5 Å². The van der Waals surface area contributed by atoms with Crippen LogP contribution in [0.4, 0.5) is 19.0 Å². The van der Waals surface area contributed by atoms with E-state index in [9.17, 15) is 13.2 Å². The molecule has 5 heterocycles. The van der Waals surface area contributed by atoms with Crippen molar-refractivity contribution in [1.82, 2.24) is 30.0 Å². The number of aromatic amines is 1. The third-order valence-electron chi connectivity index (χ3n) is 7.57. The maximum Gasteiger partial charge on any atom is 0.282 e. The van der Waals surface area contributed by atoms with Crippen LogP contribution < -0.4 is 10.2 Å². The zero-order valence-corrected chi connectivity index (χ0v) is 21.6. The van der Waals surface area contributed by atoms with Crippen molar-refractivity contribution in [1.29, 1.82) is 0 Å². The number of hydrogen-bond acceptors (Lipinski definition) is 6. The Morgan fingerprint density at radius 2 is 1.97 bits per heavy atom. The molecule has 6 rings (SSSR count). The van der Waals surface area contributed by atoms with Crippen molar-refractivity contribution in [2.75, 3.05) is 37.7 Å². The zero-order valence-electron chi connectivity index (χ0n) is 21.6. The number of aryl methyl sites for hydroxylation is 1. The number of aromatic nitrogens is 5. The molecule has 2 atom stereocenters. The Morgan fingerprint density at radius 1 is 1.15 bits per heavy atom. The third kappa shape index (κ3) is 4.78. The van der Waals surface area contributed by atoms with Gasteiger partial charge in [0.15, 0.2) is 5.82 Å². The van der Waals surface area contributed by atoms with Gasteiger partial charge in [0.25, 0.3) is 5.92 Å². The van der Waals surface area contributed by atoms with Gasteiger partial charge in [-0.05, 0) is 51.9 Å². The van der Waals surface area contributed by atoms with Crippen molar-refractivity contribution < 1.29 is 17.9 Å². The van der Waals surface area contributed by atoms with E-state index in [1.807, 2.05) is 19.1 Å². The summed E-state index contributed by atoms with van der Waals surface area (Å²) in [5.41, 5.74) is 3.67. The van der Waals surface area contributed by atoms with Gasteiger partial charge in [-0.3, -0.25) is 4.68 Å². The smallest absolute Gasteiger partial charge is 0.282 e. The van der Waals surface area contributed by atoms with Gasteiger partial charge in [0.2, 0.25) is 0 Å². The number of ether oxygens (including phenoxy) is 1. The van der Waals surface area contributed by atoms with Crippen LogP contribution in [0, 0.1) is 19.7 Å². The topological polar surface area (TPSA) is 83.9 Å². The van der Waals surface area contributed by atoms with Gasteiger partial charge in [-0.15, -0.1) is 0 Å². The summed E-state index contributed by atoms with van der Waals surface area (Å²) in [5.74, 6) is -2.30. The lowest BCUT2D eigenvalue weighted by molar-refractivity contribution is -0.0704. The Kier molecular flexibility index (Phi) is 7.15. The predicted molar refractivity (Wildman–Crippen MR) is 146 cm³/mol. The monoisotopic (exact) mass is 541 g/mol. The molecule has 0 unspecified atom stereocenters. The largest absolute Gasteiger partial charge is 0.377 e. The summed E-state index contributed by atoms with van der Waals surface area (Å²) in [6, 6.07) is 5.63. The van der Waals surface area contributed by atoms with E-state index >= 15 is 0 Å². The molecule has 0 radical (unpaired) electrons. The summed E-state index contributed by atoms with van der Waals surface area (Å²) in [6.45, 7) is 7.53. The predicted octanol–water partition coefficient (Wildman–Crippen LogP) is 5.28. The first-order valence-corrected chi connectivity index (χ1v) is 12.9. The molecule has 0 aliphatic carbocycles. The van der Waals surface area contributed by atoms with E-state index < -0.39 is 17.8 Å². The molecule has 0 saturated carbocycles. The van der Waals surface area contributed by atoms with Gasteiger partial charge in [-0.25, -0.2) is 23.1 Å². The molecule has 0 amide bonds. The first-order valence-electron chi connectivity index (χ1n) is 12.9. The summed E-state index contributed by atoms with van der Waals surface area (Å²) >= 11 is 0. The molecule has 39 heavy (non-hydrogen) atoms. The number of hydrogen-bond donors (Lipinski definition) is 2. The SMILES string of the molecule is C.Cc1nn([C@H]2CCNCC2(F)F)c(C)c1-c1cc(N2CCOC[C@H]2C)nc(-c2cc(F)cc3[nH]ccc23)n1. The van der Waals surface area contributed by atoms with Gasteiger partial charge in [0.05, 0.1) is 37.2 Å². The standard InChI is InChI=1S/C27H30F3N7O.CH4/c1-15-13-38-9-8-36(15)24-12-22(33-26(34-24)20-10-18(28)11-21-19(20)4-7-32-21)25-16(2)35-37(17(25)3)23-5-6-31-14-27(23,29)30;/h4,7,10-12,15,23,31-32H,5-6,8-9,13-14H2,1-3H3;1H4/t15-,23+;/m1./s1. The average Bonchev–Trinajstić information content (AvgIpc) is 3.46. The number of H-pyrrole nitrogens is 1. The lowest BCUT2D eigenvalue weighted by Crippen LogP contribution is -2.47.